The minimum atomic E-state index is -0.268. The Morgan fingerprint density at radius 2 is 2.24 bits per heavy atom. The molecule has 25 heavy (non-hydrogen) atoms. The van der Waals surface area contributed by atoms with Crippen molar-refractivity contribution < 1.29 is 9.59 Å². The molecule has 7 nitrogen and oxygen atoms in total. The van der Waals surface area contributed by atoms with Gasteiger partial charge in [-0.2, -0.15) is 5.10 Å². The van der Waals surface area contributed by atoms with Gasteiger partial charge in [-0.15, -0.1) is 0 Å². The predicted molar refractivity (Wildman–Crippen MR) is 95.2 cm³/mol. The first-order valence-corrected chi connectivity index (χ1v) is 8.52. The van der Waals surface area contributed by atoms with Crippen molar-refractivity contribution in [3.63, 3.8) is 0 Å². The van der Waals surface area contributed by atoms with E-state index in [2.05, 4.69) is 15.7 Å². The van der Waals surface area contributed by atoms with Gasteiger partial charge >= 0.3 is 6.03 Å². The highest BCUT2D eigenvalue weighted by atomic mass is 16.2. The second-order valence-corrected chi connectivity index (χ2v) is 6.35. The van der Waals surface area contributed by atoms with Crippen LogP contribution >= 0.6 is 0 Å². The van der Waals surface area contributed by atoms with E-state index in [4.69, 9.17) is 0 Å². The quantitative estimate of drug-likeness (QED) is 0.844. The number of nitrogens with zero attached hydrogens (tertiary/aromatic N) is 3. The summed E-state index contributed by atoms with van der Waals surface area (Å²) in [5.41, 5.74) is 1.78. The first kappa shape index (κ1) is 17.0. The molecule has 3 rings (SSSR count). The standard InChI is InChI=1S/C18H23N5O2/c1-14(12-22-9-3-7-17(22)24)20-18(25)21-16-6-2-5-15(11-16)13-23-10-4-8-19-23/h2,4-6,8,10-11,14H,3,7,9,12-13H2,1H3,(H2,20,21,25)/t14-/m1/s1. The van der Waals surface area contributed by atoms with Crippen molar-refractivity contribution in [2.75, 3.05) is 18.4 Å². The monoisotopic (exact) mass is 341 g/mol. The molecule has 7 heteroatoms. The summed E-state index contributed by atoms with van der Waals surface area (Å²) in [6, 6.07) is 9.18. The highest BCUT2D eigenvalue weighted by Crippen LogP contribution is 2.12. The van der Waals surface area contributed by atoms with Gasteiger partial charge in [-0.25, -0.2) is 4.79 Å². The molecule has 0 bridgehead atoms. The van der Waals surface area contributed by atoms with Crippen LogP contribution in [0.4, 0.5) is 10.5 Å². The number of nitrogens with one attached hydrogen (secondary N) is 2. The summed E-state index contributed by atoms with van der Waals surface area (Å²) in [5, 5.41) is 9.91. The van der Waals surface area contributed by atoms with Gasteiger partial charge in [0.05, 0.1) is 6.54 Å². The fourth-order valence-electron chi connectivity index (χ4n) is 2.99. The molecule has 2 heterocycles. The van der Waals surface area contributed by atoms with Crippen LogP contribution in [-0.4, -0.2) is 45.8 Å². The topological polar surface area (TPSA) is 79.3 Å². The molecule has 2 aromatic rings. The van der Waals surface area contributed by atoms with Gasteiger partial charge in [-0.3, -0.25) is 9.48 Å². The molecule has 1 aromatic carbocycles. The van der Waals surface area contributed by atoms with Crippen molar-refractivity contribution in [2.24, 2.45) is 0 Å². The molecule has 1 fully saturated rings. The van der Waals surface area contributed by atoms with Crippen molar-refractivity contribution in [3.05, 3.63) is 48.3 Å². The lowest BCUT2D eigenvalue weighted by Gasteiger charge is -2.21. The third-order valence-corrected chi connectivity index (χ3v) is 4.13. The summed E-state index contributed by atoms with van der Waals surface area (Å²) < 4.78 is 1.83. The van der Waals surface area contributed by atoms with E-state index in [1.54, 1.807) is 11.1 Å². The summed E-state index contributed by atoms with van der Waals surface area (Å²) in [6.45, 7) is 3.88. The summed E-state index contributed by atoms with van der Waals surface area (Å²) >= 11 is 0. The van der Waals surface area contributed by atoms with Gasteiger partial charge in [0.2, 0.25) is 5.91 Å². The van der Waals surface area contributed by atoms with Crippen LogP contribution < -0.4 is 10.6 Å². The Bertz CT molecular complexity index is 729. The minimum absolute atomic E-state index is 0.102. The van der Waals surface area contributed by atoms with Crippen molar-refractivity contribution in [3.8, 4) is 0 Å². The maximum absolute atomic E-state index is 12.2. The summed E-state index contributed by atoms with van der Waals surface area (Å²) in [6.07, 6.45) is 5.15. The number of urea groups is 1. The molecule has 1 saturated heterocycles. The Hall–Kier alpha value is -2.83. The Morgan fingerprint density at radius 3 is 2.96 bits per heavy atom. The maximum Gasteiger partial charge on any atom is 0.319 e. The minimum Gasteiger partial charge on any atom is -0.341 e. The van der Waals surface area contributed by atoms with E-state index in [0.717, 1.165) is 24.2 Å². The summed E-state index contributed by atoms with van der Waals surface area (Å²) in [7, 11) is 0. The molecule has 0 aliphatic carbocycles. The third-order valence-electron chi connectivity index (χ3n) is 4.13. The largest absolute Gasteiger partial charge is 0.341 e. The number of likely N-dealkylation sites (tertiary alicyclic amines) is 1. The zero-order chi connectivity index (χ0) is 17.6. The van der Waals surface area contributed by atoms with Crippen molar-refractivity contribution >= 4 is 17.6 Å². The van der Waals surface area contributed by atoms with E-state index in [1.807, 2.05) is 48.1 Å². The molecule has 0 saturated carbocycles. The van der Waals surface area contributed by atoms with Crippen LogP contribution in [0, 0.1) is 0 Å². The lowest BCUT2D eigenvalue weighted by Crippen LogP contribution is -2.44. The zero-order valence-corrected chi connectivity index (χ0v) is 14.3. The molecule has 0 radical (unpaired) electrons. The number of hydrogen-bond donors (Lipinski definition) is 2. The van der Waals surface area contributed by atoms with Crippen LogP contribution in [-0.2, 0) is 11.3 Å². The molecule has 3 amide bonds. The fraction of sp³-hybridized carbons (Fsp3) is 0.389. The van der Waals surface area contributed by atoms with E-state index in [-0.39, 0.29) is 18.0 Å². The highest BCUT2D eigenvalue weighted by Gasteiger charge is 2.22. The smallest absolute Gasteiger partial charge is 0.319 e. The number of amides is 3. The van der Waals surface area contributed by atoms with Crippen LogP contribution in [0.2, 0.25) is 0 Å². The predicted octanol–water partition coefficient (Wildman–Crippen LogP) is 2.06. The van der Waals surface area contributed by atoms with Crippen molar-refractivity contribution in [1.29, 1.82) is 0 Å². The second-order valence-electron chi connectivity index (χ2n) is 6.35. The molecular formula is C18H23N5O2. The van der Waals surface area contributed by atoms with Gasteiger partial charge in [0.15, 0.2) is 0 Å². The fourth-order valence-corrected chi connectivity index (χ4v) is 2.99. The molecule has 2 N–H and O–H groups in total. The lowest BCUT2D eigenvalue weighted by molar-refractivity contribution is -0.127. The van der Waals surface area contributed by atoms with Crippen LogP contribution in [0.5, 0.6) is 0 Å². The molecule has 0 unspecified atom stereocenters. The molecule has 1 aliphatic rings. The van der Waals surface area contributed by atoms with E-state index in [9.17, 15) is 9.59 Å². The molecule has 0 spiro atoms. The van der Waals surface area contributed by atoms with Gasteiger partial charge in [0.25, 0.3) is 0 Å². The zero-order valence-electron chi connectivity index (χ0n) is 14.3. The summed E-state index contributed by atoms with van der Waals surface area (Å²) in [4.78, 5) is 25.6. The lowest BCUT2D eigenvalue weighted by atomic mass is 10.2. The van der Waals surface area contributed by atoms with Gasteiger partial charge in [0, 0.05) is 43.6 Å². The Labute approximate surface area is 147 Å². The summed E-state index contributed by atoms with van der Waals surface area (Å²) in [5.74, 6) is 0.167. The van der Waals surface area contributed by atoms with Crippen LogP contribution in [0.15, 0.2) is 42.7 Å². The highest BCUT2D eigenvalue weighted by molar-refractivity contribution is 5.89. The van der Waals surface area contributed by atoms with E-state index in [0.29, 0.717) is 19.5 Å². The Kier molecular flexibility index (Phi) is 5.33. The van der Waals surface area contributed by atoms with Gasteiger partial charge < -0.3 is 15.5 Å². The average molecular weight is 341 g/mol. The number of anilines is 1. The van der Waals surface area contributed by atoms with Crippen molar-refractivity contribution in [2.45, 2.75) is 32.4 Å². The maximum atomic E-state index is 12.2. The van der Waals surface area contributed by atoms with E-state index >= 15 is 0 Å². The number of carbonyl (C=O) groups is 2. The van der Waals surface area contributed by atoms with Gasteiger partial charge in [-0.05, 0) is 37.1 Å². The number of benzene rings is 1. The third kappa shape index (κ3) is 4.82. The second kappa shape index (κ2) is 7.83. The van der Waals surface area contributed by atoms with Crippen molar-refractivity contribution in [1.82, 2.24) is 20.0 Å². The Balaban J connectivity index is 1.51. The van der Waals surface area contributed by atoms with E-state index in [1.165, 1.54) is 0 Å². The number of rotatable bonds is 6. The van der Waals surface area contributed by atoms with Gasteiger partial charge in [0.1, 0.15) is 0 Å². The molecule has 1 atom stereocenters. The van der Waals surface area contributed by atoms with Crippen LogP contribution in [0.25, 0.3) is 0 Å². The molecular weight excluding hydrogens is 318 g/mol. The van der Waals surface area contributed by atoms with Crippen LogP contribution in [0.3, 0.4) is 0 Å². The average Bonchev–Trinajstić information content (AvgIpc) is 3.20. The number of carbonyl (C=O) groups excluding carboxylic acids is 2. The number of aromatic nitrogens is 2. The van der Waals surface area contributed by atoms with Gasteiger partial charge in [-0.1, -0.05) is 12.1 Å². The first-order chi connectivity index (χ1) is 12.1. The molecule has 132 valence electrons. The first-order valence-electron chi connectivity index (χ1n) is 8.52. The Morgan fingerprint density at radius 1 is 1.36 bits per heavy atom. The number of hydrogen-bond acceptors (Lipinski definition) is 3. The van der Waals surface area contributed by atoms with Crippen LogP contribution in [0.1, 0.15) is 25.3 Å². The van der Waals surface area contributed by atoms with E-state index < -0.39 is 0 Å². The SMILES string of the molecule is C[C@H](CN1CCCC1=O)NC(=O)Nc1cccc(Cn2cccn2)c1. The molecule has 1 aliphatic heterocycles. The normalized spacial score (nSPS) is 15.2. The molecule has 1 aromatic heterocycles.